The summed E-state index contributed by atoms with van der Waals surface area (Å²) in [5.74, 6) is 0.547. The molecule has 0 amide bonds. The van der Waals surface area contributed by atoms with Crippen LogP contribution in [0.15, 0.2) is 42.2 Å². The number of pyridine rings is 1. The van der Waals surface area contributed by atoms with Crippen LogP contribution in [0.25, 0.3) is 10.9 Å². The second-order valence-corrected chi connectivity index (χ2v) is 6.91. The third kappa shape index (κ3) is 3.52. The van der Waals surface area contributed by atoms with E-state index >= 15 is 0 Å². The minimum Gasteiger partial charge on any atom is -0.490 e. The van der Waals surface area contributed by atoms with Crippen LogP contribution < -0.4 is 15.2 Å². The van der Waals surface area contributed by atoms with Gasteiger partial charge in [0.25, 0.3) is 0 Å². The number of ether oxygens (including phenoxy) is 1. The molecule has 1 fully saturated rings. The number of nitrogens with two attached hydrogens (primary N) is 1. The fourth-order valence-corrected chi connectivity index (χ4v) is 3.10. The van der Waals surface area contributed by atoms with Gasteiger partial charge in [0.05, 0.1) is 23.0 Å². The van der Waals surface area contributed by atoms with E-state index < -0.39 is 5.60 Å². The molecule has 0 saturated heterocycles. The minimum absolute atomic E-state index is 0.112. The zero-order valence-electron chi connectivity index (χ0n) is 14.2. The van der Waals surface area contributed by atoms with E-state index in [9.17, 15) is 8.99 Å². The van der Waals surface area contributed by atoms with Gasteiger partial charge in [0.1, 0.15) is 5.75 Å². The fourth-order valence-electron chi connectivity index (χ4n) is 2.79. The summed E-state index contributed by atoms with van der Waals surface area (Å²) in [5, 5.41) is 12.1. The molecular weight excluding hydrogens is 341 g/mol. The van der Waals surface area contributed by atoms with E-state index in [0.29, 0.717) is 11.8 Å². The maximum atomic E-state index is 12.7. The van der Waals surface area contributed by atoms with E-state index in [-0.39, 0.29) is 23.9 Å². The van der Waals surface area contributed by atoms with Crippen molar-refractivity contribution in [2.24, 2.45) is 11.7 Å². The average molecular weight is 363 g/mol. The van der Waals surface area contributed by atoms with Crippen LogP contribution in [-0.4, -0.2) is 16.2 Å². The second-order valence-electron chi connectivity index (χ2n) is 6.55. The van der Waals surface area contributed by atoms with Crippen molar-refractivity contribution in [1.82, 2.24) is 9.71 Å². The summed E-state index contributed by atoms with van der Waals surface area (Å²) in [6.45, 7) is 3.65. The van der Waals surface area contributed by atoms with E-state index in [1.54, 1.807) is 6.07 Å². The topological polar surface area (TPSA) is 80.4 Å². The van der Waals surface area contributed by atoms with Crippen molar-refractivity contribution in [3.05, 3.63) is 47.9 Å². The lowest BCUT2D eigenvalue weighted by atomic mass is 9.83. The standard InChI is InChI=1S/C18H22FN3O2S/c1-11(2)18(23,17(10-20)22-25-19)16-8-3-12-9-14(24-13-4-5-13)6-7-15(12)21-16/h3,6-11,13,22-23H,4-5,20H2,1-2H3/b17-10-. The van der Waals surface area contributed by atoms with Crippen LogP contribution in [0.3, 0.4) is 0 Å². The zero-order valence-corrected chi connectivity index (χ0v) is 15.0. The van der Waals surface area contributed by atoms with Gasteiger partial charge in [-0.25, -0.2) is 4.98 Å². The highest BCUT2D eigenvalue weighted by Crippen LogP contribution is 2.36. The Labute approximate surface area is 150 Å². The van der Waals surface area contributed by atoms with Crippen molar-refractivity contribution in [2.75, 3.05) is 0 Å². The van der Waals surface area contributed by atoms with Gasteiger partial charge in [-0.2, -0.15) is 0 Å². The molecule has 7 heteroatoms. The molecule has 2 aromatic rings. The molecule has 1 heterocycles. The minimum atomic E-state index is -1.52. The van der Waals surface area contributed by atoms with Crippen molar-refractivity contribution in [3.8, 4) is 5.75 Å². The van der Waals surface area contributed by atoms with Gasteiger partial charge in [-0.3, -0.25) is 0 Å². The molecule has 4 N–H and O–H groups in total. The van der Waals surface area contributed by atoms with Gasteiger partial charge < -0.3 is 20.3 Å². The molecule has 25 heavy (non-hydrogen) atoms. The molecule has 1 aromatic heterocycles. The SMILES string of the molecule is CC(C)C(O)(/C(=C/N)NSF)c1ccc2cc(OC3CC3)ccc2n1. The van der Waals surface area contributed by atoms with Crippen molar-refractivity contribution in [2.45, 2.75) is 38.4 Å². The Balaban J connectivity index is 2.00. The highest BCUT2D eigenvalue weighted by molar-refractivity contribution is 7.92. The molecule has 1 saturated carbocycles. The van der Waals surface area contributed by atoms with E-state index in [2.05, 4.69) is 9.71 Å². The first-order chi connectivity index (χ1) is 12.0. The van der Waals surface area contributed by atoms with Crippen LogP contribution in [0.4, 0.5) is 3.89 Å². The zero-order chi connectivity index (χ0) is 18.0. The van der Waals surface area contributed by atoms with E-state index in [0.717, 1.165) is 29.5 Å². The Morgan fingerprint density at radius 3 is 2.80 bits per heavy atom. The summed E-state index contributed by atoms with van der Waals surface area (Å²) in [6.07, 6.45) is 3.71. The number of rotatable bonds is 7. The van der Waals surface area contributed by atoms with Crippen LogP contribution in [0.2, 0.25) is 0 Å². The summed E-state index contributed by atoms with van der Waals surface area (Å²) in [5.41, 5.74) is 5.37. The summed E-state index contributed by atoms with van der Waals surface area (Å²) < 4.78 is 20.9. The van der Waals surface area contributed by atoms with Gasteiger partial charge in [0, 0.05) is 11.6 Å². The number of hydrogen-bond donors (Lipinski definition) is 3. The predicted molar refractivity (Wildman–Crippen MR) is 98.2 cm³/mol. The van der Waals surface area contributed by atoms with Gasteiger partial charge in [0.15, 0.2) is 17.9 Å². The number of aromatic nitrogens is 1. The number of benzene rings is 1. The van der Waals surface area contributed by atoms with Crippen molar-refractivity contribution in [1.29, 1.82) is 0 Å². The molecule has 1 unspecified atom stereocenters. The third-order valence-electron chi connectivity index (χ3n) is 4.44. The van der Waals surface area contributed by atoms with Gasteiger partial charge in [-0.1, -0.05) is 19.9 Å². The van der Waals surface area contributed by atoms with Crippen molar-refractivity contribution in [3.63, 3.8) is 0 Å². The highest BCUT2D eigenvalue weighted by Gasteiger charge is 2.39. The summed E-state index contributed by atoms with van der Waals surface area (Å²) in [6, 6.07) is 9.29. The maximum Gasteiger partial charge on any atom is 0.162 e. The molecule has 0 bridgehead atoms. The summed E-state index contributed by atoms with van der Waals surface area (Å²) in [7, 11) is 0. The largest absolute Gasteiger partial charge is 0.490 e. The number of fused-ring (bicyclic) bond motifs is 1. The Bertz CT molecular complexity index is 795. The summed E-state index contributed by atoms with van der Waals surface area (Å²) >= 11 is -0.112. The van der Waals surface area contributed by atoms with Crippen LogP contribution in [0.5, 0.6) is 5.75 Å². The maximum absolute atomic E-state index is 12.7. The van der Waals surface area contributed by atoms with E-state index in [1.165, 1.54) is 6.20 Å². The van der Waals surface area contributed by atoms with Crippen LogP contribution in [0, 0.1) is 5.92 Å². The first-order valence-electron chi connectivity index (χ1n) is 8.25. The average Bonchev–Trinajstić information content (AvgIpc) is 3.42. The Hall–Kier alpha value is -1.99. The molecule has 5 nitrogen and oxygen atoms in total. The van der Waals surface area contributed by atoms with E-state index in [1.807, 2.05) is 38.1 Å². The van der Waals surface area contributed by atoms with Gasteiger partial charge in [0.2, 0.25) is 0 Å². The van der Waals surface area contributed by atoms with Gasteiger partial charge in [-0.05, 0) is 43.0 Å². The van der Waals surface area contributed by atoms with Crippen LogP contribution in [-0.2, 0) is 5.60 Å². The quantitative estimate of drug-likeness (QED) is 0.653. The Morgan fingerprint density at radius 2 is 2.20 bits per heavy atom. The number of nitrogens with zero attached hydrogens (tertiary/aromatic N) is 1. The predicted octanol–water partition coefficient (Wildman–Crippen LogP) is 3.54. The summed E-state index contributed by atoms with van der Waals surface area (Å²) in [4.78, 5) is 4.58. The third-order valence-corrected chi connectivity index (χ3v) is 4.74. The Kier molecular flexibility index (Phi) is 5.06. The number of aliphatic hydroxyl groups is 1. The van der Waals surface area contributed by atoms with Gasteiger partial charge >= 0.3 is 0 Å². The number of hydrogen-bond acceptors (Lipinski definition) is 6. The lowest BCUT2D eigenvalue weighted by molar-refractivity contribution is 0.0199. The Morgan fingerprint density at radius 1 is 1.44 bits per heavy atom. The molecule has 0 spiro atoms. The normalized spacial score (nSPS) is 17.6. The van der Waals surface area contributed by atoms with Gasteiger partial charge in [-0.15, -0.1) is 3.89 Å². The second kappa shape index (κ2) is 7.09. The van der Waals surface area contributed by atoms with Crippen LogP contribution >= 0.6 is 12.3 Å². The molecule has 0 aliphatic heterocycles. The lowest BCUT2D eigenvalue weighted by Crippen LogP contribution is -2.39. The highest BCUT2D eigenvalue weighted by atomic mass is 32.2. The lowest BCUT2D eigenvalue weighted by Gasteiger charge is -2.33. The van der Waals surface area contributed by atoms with Crippen LogP contribution in [0.1, 0.15) is 32.4 Å². The van der Waals surface area contributed by atoms with E-state index in [4.69, 9.17) is 10.5 Å². The van der Waals surface area contributed by atoms with Crippen molar-refractivity contribution < 1.29 is 13.7 Å². The number of halogens is 1. The van der Waals surface area contributed by atoms with Crippen molar-refractivity contribution >= 4 is 23.2 Å². The first kappa shape index (κ1) is 17.8. The molecule has 1 aliphatic rings. The first-order valence-corrected chi connectivity index (χ1v) is 8.97. The molecule has 134 valence electrons. The molecule has 1 atom stereocenters. The molecular formula is C18H22FN3O2S. The molecule has 0 radical (unpaired) electrons. The molecule has 3 rings (SSSR count). The molecule has 1 aliphatic carbocycles. The molecule has 1 aromatic carbocycles. The fraction of sp³-hybridized carbons (Fsp3) is 0.389. The number of nitrogens with one attached hydrogen (secondary N) is 1. The smallest absolute Gasteiger partial charge is 0.162 e. The monoisotopic (exact) mass is 363 g/mol.